The predicted molar refractivity (Wildman–Crippen MR) is 73.6 cm³/mol. The molecule has 0 aliphatic carbocycles. The number of thioether (sulfide) groups is 1. The Kier molecular flexibility index (Phi) is 5.19. The molecule has 0 unspecified atom stereocenters. The average molecular weight is 287 g/mol. The molecule has 0 atom stereocenters. The van der Waals surface area contributed by atoms with Crippen LogP contribution in [0.1, 0.15) is 13.8 Å². The van der Waals surface area contributed by atoms with Gasteiger partial charge >= 0.3 is 0 Å². The van der Waals surface area contributed by atoms with E-state index in [9.17, 15) is 0 Å². The molecule has 2 nitrogen and oxygen atoms in total. The number of hydrazone groups is 1. The van der Waals surface area contributed by atoms with Gasteiger partial charge in [-0.3, -0.25) is 5.43 Å². The second-order valence-electron chi connectivity index (χ2n) is 3.43. The van der Waals surface area contributed by atoms with Crippen molar-refractivity contribution < 1.29 is 0 Å². The van der Waals surface area contributed by atoms with Gasteiger partial charge in [0.2, 0.25) is 0 Å². The number of anilines is 1. The molecule has 1 N–H and O–H groups in total. The van der Waals surface area contributed by atoms with Crippen molar-refractivity contribution in [1.29, 1.82) is 0 Å². The van der Waals surface area contributed by atoms with Crippen LogP contribution in [0.25, 0.3) is 0 Å². The monoisotopic (exact) mass is 286 g/mol. The van der Waals surface area contributed by atoms with E-state index in [1.165, 1.54) is 0 Å². The van der Waals surface area contributed by atoms with E-state index in [2.05, 4.69) is 40.3 Å². The Balaban J connectivity index is 2.70. The van der Waals surface area contributed by atoms with Gasteiger partial charge in [-0.1, -0.05) is 35.8 Å². The molecule has 0 saturated heterocycles. The van der Waals surface area contributed by atoms with Gasteiger partial charge in [0.05, 0.1) is 10.7 Å². The minimum absolute atomic E-state index is 0.458. The fraction of sp³-hybridized carbons (Fsp3) is 0.364. The highest BCUT2D eigenvalue weighted by atomic mass is 79.9. The molecule has 15 heavy (non-hydrogen) atoms. The molecule has 1 rings (SSSR count). The smallest absolute Gasteiger partial charge is 0.0958 e. The number of nitrogens with zero attached hydrogens (tertiary/aromatic N) is 1. The highest BCUT2D eigenvalue weighted by molar-refractivity contribution is 9.10. The summed E-state index contributed by atoms with van der Waals surface area (Å²) in [6, 6.07) is 7.97. The lowest BCUT2D eigenvalue weighted by Crippen LogP contribution is -2.05. The second-order valence-corrected chi connectivity index (χ2v) is 5.17. The van der Waals surface area contributed by atoms with Crippen LogP contribution in [0.3, 0.4) is 0 Å². The molecule has 0 radical (unpaired) electrons. The molecule has 0 heterocycles. The summed E-state index contributed by atoms with van der Waals surface area (Å²) in [5.41, 5.74) is 4.05. The summed E-state index contributed by atoms with van der Waals surface area (Å²) in [4.78, 5) is 0. The Morgan fingerprint density at radius 3 is 2.73 bits per heavy atom. The molecule has 0 aromatic heterocycles. The fourth-order valence-electron chi connectivity index (χ4n) is 1.09. The third-order valence-corrected chi connectivity index (χ3v) is 3.30. The number of benzene rings is 1. The maximum Gasteiger partial charge on any atom is 0.0958 e. The molecule has 0 amide bonds. The summed E-state index contributed by atoms with van der Waals surface area (Å²) >= 11 is 5.10. The van der Waals surface area contributed by atoms with Crippen molar-refractivity contribution in [3.05, 3.63) is 28.7 Å². The van der Waals surface area contributed by atoms with Gasteiger partial charge in [-0.05, 0) is 24.5 Å². The summed E-state index contributed by atoms with van der Waals surface area (Å²) in [5, 5.41) is 5.47. The maximum absolute atomic E-state index is 4.36. The average Bonchev–Trinajstić information content (AvgIpc) is 2.18. The van der Waals surface area contributed by atoms with Gasteiger partial charge in [0.1, 0.15) is 0 Å². The summed E-state index contributed by atoms with van der Waals surface area (Å²) in [6.07, 6.45) is 2.04. The zero-order chi connectivity index (χ0) is 11.3. The van der Waals surface area contributed by atoms with Crippen LogP contribution in [-0.2, 0) is 0 Å². The molecule has 0 fully saturated rings. The van der Waals surface area contributed by atoms with E-state index in [4.69, 9.17) is 0 Å². The van der Waals surface area contributed by atoms with Gasteiger partial charge < -0.3 is 0 Å². The third-order valence-electron chi connectivity index (χ3n) is 1.82. The highest BCUT2D eigenvalue weighted by Crippen LogP contribution is 2.16. The summed E-state index contributed by atoms with van der Waals surface area (Å²) < 4.78 is 1.05. The third kappa shape index (κ3) is 4.26. The lowest BCUT2D eigenvalue weighted by molar-refractivity contribution is 0.897. The van der Waals surface area contributed by atoms with E-state index in [0.29, 0.717) is 5.92 Å². The Hall–Kier alpha value is -0.480. The van der Waals surface area contributed by atoms with E-state index in [0.717, 1.165) is 15.2 Å². The Morgan fingerprint density at radius 2 is 2.20 bits per heavy atom. The van der Waals surface area contributed by atoms with Gasteiger partial charge in [0.25, 0.3) is 0 Å². The van der Waals surface area contributed by atoms with Crippen LogP contribution in [0.4, 0.5) is 5.69 Å². The predicted octanol–water partition coefficient (Wildman–Crippen LogP) is 4.19. The van der Waals surface area contributed by atoms with Crippen LogP contribution in [-0.4, -0.2) is 11.3 Å². The Labute approximate surface area is 104 Å². The van der Waals surface area contributed by atoms with Gasteiger partial charge in [-0.15, -0.1) is 11.8 Å². The minimum atomic E-state index is 0.458. The molecular weight excluding hydrogens is 272 g/mol. The van der Waals surface area contributed by atoms with Crippen molar-refractivity contribution >= 4 is 38.4 Å². The zero-order valence-corrected chi connectivity index (χ0v) is 11.5. The largest absolute Gasteiger partial charge is 0.278 e. The van der Waals surface area contributed by atoms with Crippen molar-refractivity contribution in [1.82, 2.24) is 0 Å². The highest BCUT2D eigenvalue weighted by Gasteiger charge is 2.02. The molecule has 0 spiro atoms. The first-order chi connectivity index (χ1) is 7.13. The SMILES string of the molecule is CS/C(=N\Nc1cccc(Br)c1)C(C)C. The van der Waals surface area contributed by atoms with E-state index < -0.39 is 0 Å². The van der Waals surface area contributed by atoms with Gasteiger partial charge in [-0.2, -0.15) is 5.10 Å². The molecule has 0 saturated carbocycles. The van der Waals surface area contributed by atoms with Gasteiger partial charge in [-0.25, -0.2) is 0 Å². The summed E-state index contributed by atoms with van der Waals surface area (Å²) in [5.74, 6) is 0.458. The summed E-state index contributed by atoms with van der Waals surface area (Å²) in [6.45, 7) is 4.27. The molecule has 4 heteroatoms. The van der Waals surface area contributed by atoms with Crippen LogP contribution >= 0.6 is 27.7 Å². The maximum atomic E-state index is 4.36. The molecule has 0 aliphatic heterocycles. The Bertz CT molecular complexity index is 350. The van der Waals surface area contributed by atoms with Crippen molar-refractivity contribution in [3.8, 4) is 0 Å². The number of nitrogens with one attached hydrogen (secondary N) is 1. The van der Waals surface area contributed by atoms with Crippen LogP contribution in [0.15, 0.2) is 33.8 Å². The quantitative estimate of drug-likeness (QED) is 0.512. The summed E-state index contributed by atoms with van der Waals surface area (Å²) in [7, 11) is 0. The first-order valence-electron chi connectivity index (χ1n) is 4.76. The first kappa shape index (κ1) is 12.6. The molecular formula is C11H15BrN2S. The molecule has 0 bridgehead atoms. The molecule has 0 aliphatic rings. The number of rotatable bonds is 3. The normalized spacial score (nSPS) is 11.9. The second kappa shape index (κ2) is 6.18. The van der Waals surface area contributed by atoms with Crippen molar-refractivity contribution in [2.75, 3.05) is 11.7 Å². The zero-order valence-electron chi connectivity index (χ0n) is 9.12. The first-order valence-corrected chi connectivity index (χ1v) is 6.78. The lowest BCUT2D eigenvalue weighted by Gasteiger charge is -2.07. The van der Waals surface area contributed by atoms with Crippen LogP contribution < -0.4 is 5.43 Å². The molecule has 1 aromatic carbocycles. The lowest BCUT2D eigenvalue weighted by atomic mass is 10.2. The van der Waals surface area contributed by atoms with Gasteiger partial charge in [0, 0.05) is 10.4 Å². The van der Waals surface area contributed by atoms with Gasteiger partial charge in [0.15, 0.2) is 0 Å². The number of hydrogen-bond acceptors (Lipinski definition) is 3. The molecule has 1 aromatic rings. The standard InChI is InChI=1S/C11H15BrN2S/c1-8(2)11(15-3)14-13-10-6-4-5-9(12)7-10/h4-8,13H,1-3H3/b14-11-. The Morgan fingerprint density at radius 1 is 1.47 bits per heavy atom. The number of halogens is 1. The van der Waals surface area contributed by atoms with E-state index >= 15 is 0 Å². The van der Waals surface area contributed by atoms with Crippen LogP contribution in [0, 0.1) is 5.92 Å². The van der Waals surface area contributed by atoms with Crippen LogP contribution in [0.2, 0.25) is 0 Å². The van der Waals surface area contributed by atoms with E-state index in [-0.39, 0.29) is 0 Å². The topological polar surface area (TPSA) is 24.4 Å². The minimum Gasteiger partial charge on any atom is -0.278 e. The van der Waals surface area contributed by atoms with Crippen molar-refractivity contribution in [2.24, 2.45) is 11.0 Å². The fourth-order valence-corrected chi connectivity index (χ4v) is 2.10. The van der Waals surface area contributed by atoms with Crippen LogP contribution in [0.5, 0.6) is 0 Å². The van der Waals surface area contributed by atoms with E-state index in [1.54, 1.807) is 11.8 Å². The van der Waals surface area contributed by atoms with Crippen molar-refractivity contribution in [3.63, 3.8) is 0 Å². The molecule has 82 valence electrons. The number of hydrogen-bond donors (Lipinski definition) is 1. The van der Waals surface area contributed by atoms with Crippen molar-refractivity contribution in [2.45, 2.75) is 13.8 Å². The van der Waals surface area contributed by atoms with E-state index in [1.807, 2.05) is 30.5 Å².